The maximum absolute atomic E-state index is 12.2. The predicted octanol–water partition coefficient (Wildman–Crippen LogP) is 2.29. The Balaban J connectivity index is 2.66. The number of nitrogens with zero attached hydrogens (tertiary/aromatic N) is 1. The first kappa shape index (κ1) is 14.9. The highest BCUT2D eigenvalue weighted by molar-refractivity contribution is 5.09. The molecule has 0 aliphatic carbocycles. The van der Waals surface area contributed by atoms with Crippen molar-refractivity contribution in [2.75, 3.05) is 6.54 Å². The van der Waals surface area contributed by atoms with Gasteiger partial charge in [0.05, 0.1) is 11.7 Å². The van der Waals surface area contributed by atoms with E-state index in [0.717, 1.165) is 0 Å². The zero-order valence-electron chi connectivity index (χ0n) is 10.3. The van der Waals surface area contributed by atoms with Crippen LogP contribution in [0.25, 0.3) is 0 Å². The summed E-state index contributed by atoms with van der Waals surface area (Å²) in [6.07, 6.45) is -5.37. The molecule has 102 valence electrons. The molecule has 0 aliphatic rings. The summed E-state index contributed by atoms with van der Waals surface area (Å²) >= 11 is 0. The summed E-state index contributed by atoms with van der Waals surface area (Å²) < 4.78 is 36.6. The largest absolute Gasteiger partial charge is 0.415 e. The van der Waals surface area contributed by atoms with Gasteiger partial charge in [-0.3, -0.25) is 4.98 Å². The highest BCUT2D eigenvalue weighted by Gasteiger charge is 2.38. The van der Waals surface area contributed by atoms with E-state index < -0.39 is 18.8 Å². The van der Waals surface area contributed by atoms with Crippen molar-refractivity contribution in [2.24, 2.45) is 5.92 Å². The van der Waals surface area contributed by atoms with Crippen molar-refractivity contribution >= 4 is 0 Å². The van der Waals surface area contributed by atoms with Crippen LogP contribution in [0.1, 0.15) is 25.6 Å². The van der Waals surface area contributed by atoms with Crippen LogP contribution in [0.5, 0.6) is 0 Å². The lowest BCUT2D eigenvalue weighted by atomic mass is 10.00. The number of alkyl halides is 3. The molecule has 0 aliphatic heterocycles. The van der Waals surface area contributed by atoms with Gasteiger partial charge in [0.2, 0.25) is 0 Å². The van der Waals surface area contributed by atoms with Crippen LogP contribution in [0, 0.1) is 5.92 Å². The molecule has 0 saturated heterocycles. The van der Waals surface area contributed by atoms with Crippen molar-refractivity contribution in [1.29, 1.82) is 0 Å². The van der Waals surface area contributed by atoms with E-state index in [-0.39, 0.29) is 12.0 Å². The Labute approximate surface area is 104 Å². The fraction of sp³-hybridized carbons (Fsp3) is 0.583. The van der Waals surface area contributed by atoms with Crippen LogP contribution in [0.15, 0.2) is 24.4 Å². The van der Waals surface area contributed by atoms with E-state index in [1.165, 1.54) is 0 Å². The van der Waals surface area contributed by atoms with Crippen LogP contribution >= 0.6 is 0 Å². The average Bonchev–Trinajstić information content (AvgIpc) is 2.28. The van der Waals surface area contributed by atoms with Gasteiger partial charge in [0.1, 0.15) is 0 Å². The van der Waals surface area contributed by atoms with Gasteiger partial charge in [-0.25, -0.2) is 0 Å². The molecule has 0 bridgehead atoms. The van der Waals surface area contributed by atoms with Gasteiger partial charge in [-0.2, -0.15) is 13.2 Å². The van der Waals surface area contributed by atoms with Gasteiger partial charge in [0.25, 0.3) is 0 Å². The Kier molecular flexibility index (Phi) is 5.10. The Morgan fingerprint density at radius 2 is 2.00 bits per heavy atom. The van der Waals surface area contributed by atoms with Crippen molar-refractivity contribution in [2.45, 2.75) is 32.2 Å². The molecule has 1 aromatic rings. The lowest BCUT2D eigenvalue weighted by molar-refractivity contribution is -0.202. The predicted molar refractivity (Wildman–Crippen MR) is 61.9 cm³/mol. The SMILES string of the molecule is CC(C)[C@@H](NC[C@H](O)C(F)(F)F)c1ccccn1. The van der Waals surface area contributed by atoms with Crippen molar-refractivity contribution in [1.82, 2.24) is 10.3 Å². The molecule has 1 rings (SSSR count). The highest BCUT2D eigenvalue weighted by Crippen LogP contribution is 2.22. The van der Waals surface area contributed by atoms with Crippen molar-refractivity contribution in [3.8, 4) is 0 Å². The monoisotopic (exact) mass is 262 g/mol. The number of rotatable bonds is 5. The van der Waals surface area contributed by atoms with E-state index >= 15 is 0 Å². The summed E-state index contributed by atoms with van der Waals surface area (Å²) in [6, 6.07) is 4.95. The topological polar surface area (TPSA) is 45.1 Å². The minimum Gasteiger partial charge on any atom is -0.382 e. The summed E-state index contributed by atoms with van der Waals surface area (Å²) in [6.45, 7) is 3.22. The third kappa shape index (κ3) is 4.27. The standard InChI is InChI=1S/C12H17F3N2O/c1-8(2)11(9-5-3-4-6-16-9)17-7-10(18)12(13,14)15/h3-6,8,10-11,17-18H,7H2,1-2H3/t10-,11+/m0/s1. The third-order valence-electron chi connectivity index (χ3n) is 2.58. The minimum atomic E-state index is -4.60. The summed E-state index contributed by atoms with van der Waals surface area (Å²) in [5.41, 5.74) is 0.668. The minimum absolute atomic E-state index is 0.0698. The summed E-state index contributed by atoms with van der Waals surface area (Å²) in [5.74, 6) is 0.0698. The lowest BCUT2D eigenvalue weighted by Crippen LogP contribution is -2.41. The Bertz CT molecular complexity index is 354. The molecule has 18 heavy (non-hydrogen) atoms. The summed E-state index contributed by atoms with van der Waals surface area (Å²) in [7, 11) is 0. The molecule has 0 unspecified atom stereocenters. The van der Waals surface area contributed by atoms with Crippen LogP contribution in [-0.4, -0.2) is 28.9 Å². The number of aromatic nitrogens is 1. The van der Waals surface area contributed by atoms with Gasteiger partial charge >= 0.3 is 6.18 Å². The maximum atomic E-state index is 12.2. The smallest absolute Gasteiger partial charge is 0.382 e. The highest BCUT2D eigenvalue weighted by atomic mass is 19.4. The second-order valence-corrected chi connectivity index (χ2v) is 4.44. The van der Waals surface area contributed by atoms with Gasteiger partial charge in [0.15, 0.2) is 6.10 Å². The molecule has 1 heterocycles. The van der Waals surface area contributed by atoms with Crippen molar-refractivity contribution in [3.63, 3.8) is 0 Å². The van der Waals surface area contributed by atoms with E-state index in [9.17, 15) is 13.2 Å². The first-order chi connectivity index (χ1) is 8.32. The molecule has 6 heteroatoms. The Morgan fingerprint density at radius 1 is 1.33 bits per heavy atom. The first-order valence-electron chi connectivity index (χ1n) is 5.71. The van der Waals surface area contributed by atoms with Gasteiger partial charge in [-0.05, 0) is 18.1 Å². The van der Waals surface area contributed by atoms with Crippen LogP contribution in [0.3, 0.4) is 0 Å². The number of nitrogens with one attached hydrogen (secondary N) is 1. The Morgan fingerprint density at radius 3 is 2.44 bits per heavy atom. The third-order valence-corrected chi connectivity index (χ3v) is 2.58. The zero-order chi connectivity index (χ0) is 13.8. The van der Waals surface area contributed by atoms with E-state index in [1.807, 2.05) is 13.8 Å². The maximum Gasteiger partial charge on any atom is 0.415 e. The second kappa shape index (κ2) is 6.15. The number of aliphatic hydroxyl groups excluding tert-OH is 1. The van der Waals surface area contributed by atoms with Gasteiger partial charge < -0.3 is 10.4 Å². The Hall–Kier alpha value is -1.14. The van der Waals surface area contributed by atoms with E-state index in [0.29, 0.717) is 5.69 Å². The molecule has 1 aromatic heterocycles. The first-order valence-corrected chi connectivity index (χ1v) is 5.71. The molecule has 0 amide bonds. The average molecular weight is 262 g/mol. The van der Waals surface area contributed by atoms with Crippen molar-refractivity contribution < 1.29 is 18.3 Å². The fourth-order valence-corrected chi connectivity index (χ4v) is 1.60. The quantitative estimate of drug-likeness (QED) is 0.855. The summed E-state index contributed by atoms with van der Waals surface area (Å²) in [4.78, 5) is 4.12. The normalized spacial score (nSPS) is 15.7. The molecule has 3 nitrogen and oxygen atoms in total. The van der Waals surface area contributed by atoms with E-state index in [4.69, 9.17) is 5.11 Å². The molecule has 0 aromatic carbocycles. The second-order valence-electron chi connectivity index (χ2n) is 4.44. The molecule has 0 radical (unpaired) electrons. The van der Waals surface area contributed by atoms with Crippen molar-refractivity contribution in [3.05, 3.63) is 30.1 Å². The van der Waals surface area contributed by atoms with E-state index in [1.54, 1.807) is 24.4 Å². The molecule has 2 atom stereocenters. The fourth-order valence-electron chi connectivity index (χ4n) is 1.60. The van der Waals surface area contributed by atoms with Gasteiger partial charge in [-0.15, -0.1) is 0 Å². The summed E-state index contributed by atoms with van der Waals surface area (Å²) in [5, 5.41) is 11.7. The molecule has 2 N–H and O–H groups in total. The zero-order valence-corrected chi connectivity index (χ0v) is 10.3. The van der Waals surface area contributed by atoms with Crippen LogP contribution in [-0.2, 0) is 0 Å². The molecule has 0 saturated carbocycles. The van der Waals surface area contributed by atoms with Gasteiger partial charge in [-0.1, -0.05) is 19.9 Å². The number of halogens is 3. The number of hydrogen-bond acceptors (Lipinski definition) is 3. The van der Waals surface area contributed by atoms with Crippen LogP contribution in [0.4, 0.5) is 13.2 Å². The molecule has 0 spiro atoms. The lowest BCUT2D eigenvalue weighted by Gasteiger charge is -2.24. The number of hydrogen-bond donors (Lipinski definition) is 2. The van der Waals surface area contributed by atoms with Crippen LogP contribution in [0.2, 0.25) is 0 Å². The molecular weight excluding hydrogens is 245 g/mol. The van der Waals surface area contributed by atoms with Gasteiger partial charge in [0, 0.05) is 12.7 Å². The number of pyridine rings is 1. The molecular formula is C12H17F3N2O. The van der Waals surface area contributed by atoms with E-state index in [2.05, 4.69) is 10.3 Å². The number of aliphatic hydroxyl groups is 1. The van der Waals surface area contributed by atoms with Crippen LogP contribution < -0.4 is 5.32 Å². The molecule has 0 fully saturated rings.